The first-order valence-electron chi connectivity index (χ1n) is 7.56. The van der Waals surface area contributed by atoms with E-state index in [9.17, 15) is 14.4 Å². The van der Waals surface area contributed by atoms with Gasteiger partial charge in [-0.15, -0.1) is 0 Å². The van der Waals surface area contributed by atoms with Crippen LogP contribution in [-0.4, -0.2) is 77.9 Å². The Kier molecular flexibility index (Phi) is 4.82. The molecule has 0 aromatic heterocycles. The maximum atomic E-state index is 12.3. The first kappa shape index (κ1) is 15.8. The van der Waals surface area contributed by atoms with Gasteiger partial charge in [-0.25, -0.2) is 4.79 Å². The van der Waals surface area contributed by atoms with Gasteiger partial charge in [0.2, 0.25) is 5.91 Å². The molecule has 0 radical (unpaired) electrons. The third-order valence-corrected chi connectivity index (χ3v) is 4.19. The molecular weight excluding hydrogens is 272 g/mol. The van der Waals surface area contributed by atoms with Gasteiger partial charge < -0.3 is 15.1 Å². The third kappa shape index (κ3) is 3.34. The highest BCUT2D eigenvalue weighted by atomic mass is 16.2. The zero-order valence-electron chi connectivity index (χ0n) is 13.0. The largest absolute Gasteiger partial charge is 0.339 e. The molecule has 0 bridgehead atoms. The number of carbonyl (C=O) groups excluding carboxylic acids is 3. The number of piperazine rings is 1. The summed E-state index contributed by atoms with van der Waals surface area (Å²) in [4.78, 5) is 41.3. The lowest BCUT2D eigenvalue weighted by Crippen LogP contribution is -2.51. The van der Waals surface area contributed by atoms with E-state index < -0.39 is 12.1 Å². The summed E-state index contributed by atoms with van der Waals surface area (Å²) in [6.07, 6.45) is 0. The van der Waals surface area contributed by atoms with Crippen LogP contribution in [0.3, 0.4) is 0 Å². The molecule has 21 heavy (non-hydrogen) atoms. The fourth-order valence-corrected chi connectivity index (χ4v) is 2.69. The average molecular weight is 296 g/mol. The van der Waals surface area contributed by atoms with Crippen LogP contribution in [0.15, 0.2) is 0 Å². The second kappa shape index (κ2) is 6.43. The van der Waals surface area contributed by atoms with Gasteiger partial charge in [-0.3, -0.25) is 14.5 Å². The summed E-state index contributed by atoms with van der Waals surface area (Å²) in [6.45, 7) is 9.67. The molecule has 1 unspecified atom stereocenters. The van der Waals surface area contributed by atoms with Gasteiger partial charge >= 0.3 is 6.03 Å². The zero-order chi connectivity index (χ0) is 15.6. The van der Waals surface area contributed by atoms with Crippen molar-refractivity contribution in [3.05, 3.63) is 0 Å². The van der Waals surface area contributed by atoms with Crippen LogP contribution < -0.4 is 5.32 Å². The van der Waals surface area contributed by atoms with Crippen molar-refractivity contribution in [3.8, 4) is 0 Å². The van der Waals surface area contributed by atoms with Gasteiger partial charge in [0.25, 0.3) is 5.91 Å². The molecule has 0 aromatic rings. The molecule has 7 nitrogen and oxygen atoms in total. The maximum Gasteiger partial charge on any atom is 0.325 e. The van der Waals surface area contributed by atoms with Crippen LogP contribution in [0.25, 0.3) is 0 Å². The van der Waals surface area contributed by atoms with E-state index in [1.807, 2.05) is 13.8 Å². The van der Waals surface area contributed by atoms with Gasteiger partial charge in [0.15, 0.2) is 0 Å². The topological polar surface area (TPSA) is 73.0 Å². The molecule has 1 N–H and O–H groups in total. The van der Waals surface area contributed by atoms with Crippen molar-refractivity contribution >= 4 is 17.8 Å². The van der Waals surface area contributed by atoms with E-state index in [-0.39, 0.29) is 24.3 Å². The Morgan fingerprint density at radius 2 is 1.86 bits per heavy atom. The number of nitrogens with zero attached hydrogens (tertiary/aromatic N) is 3. The zero-order valence-corrected chi connectivity index (χ0v) is 13.0. The quantitative estimate of drug-likeness (QED) is 0.725. The number of hydrogen-bond acceptors (Lipinski definition) is 4. The Morgan fingerprint density at radius 3 is 2.33 bits per heavy atom. The Bertz CT molecular complexity index is 430. The van der Waals surface area contributed by atoms with E-state index in [1.54, 1.807) is 4.90 Å². The standard InChI is InChI=1S/C14H24N4O3/c1-4-16-5-7-17(8-6-16)11(19)9-18-13(20)12(10(2)3)15-14(18)21/h10,12H,4-9H2,1-3H3,(H,15,21). The summed E-state index contributed by atoms with van der Waals surface area (Å²) in [5.41, 5.74) is 0. The van der Waals surface area contributed by atoms with Crippen molar-refractivity contribution in [2.24, 2.45) is 5.92 Å². The number of rotatable bonds is 4. The summed E-state index contributed by atoms with van der Waals surface area (Å²) in [7, 11) is 0. The van der Waals surface area contributed by atoms with E-state index in [0.717, 1.165) is 24.5 Å². The second-order valence-electron chi connectivity index (χ2n) is 5.91. The van der Waals surface area contributed by atoms with Gasteiger partial charge in [0.1, 0.15) is 12.6 Å². The van der Waals surface area contributed by atoms with E-state index in [2.05, 4.69) is 17.1 Å². The number of hydrogen-bond donors (Lipinski definition) is 1. The van der Waals surface area contributed by atoms with Crippen molar-refractivity contribution in [2.75, 3.05) is 39.3 Å². The van der Waals surface area contributed by atoms with Crippen LogP contribution in [0.1, 0.15) is 20.8 Å². The molecular formula is C14H24N4O3. The van der Waals surface area contributed by atoms with Crippen molar-refractivity contribution < 1.29 is 14.4 Å². The molecule has 2 rings (SSSR count). The average Bonchev–Trinajstić information content (AvgIpc) is 2.75. The summed E-state index contributed by atoms with van der Waals surface area (Å²) in [5, 5.41) is 2.64. The molecule has 0 aliphatic carbocycles. The monoisotopic (exact) mass is 296 g/mol. The Morgan fingerprint density at radius 1 is 1.24 bits per heavy atom. The molecule has 4 amide bonds. The Hall–Kier alpha value is -1.63. The van der Waals surface area contributed by atoms with Gasteiger partial charge in [0, 0.05) is 26.2 Å². The van der Waals surface area contributed by atoms with E-state index in [0.29, 0.717) is 13.1 Å². The van der Waals surface area contributed by atoms with Gasteiger partial charge in [-0.2, -0.15) is 0 Å². The van der Waals surface area contributed by atoms with E-state index in [1.165, 1.54) is 0 Å². The molecule has 7 heteroatoms. The Labute approximate surface area is 125 Å². The van der Waals surface area contributed by atoms with E-state index in [4.69, 9.17) is 0 Å². The van der Waals surface area contributed by atoms with Crippen LogP contribution in [0, 0.1) is 5.92 Å². The van der Waals surface area contributed by atoms with E-state index >= 15 is 0 Å². The molecule has 2 aliphatic heterocycles. The highest BCUT2D eigenvalue weighted by Crippen LogP contribution is 2.14. The molecule has 0 saturated carbocycles. The molecule has 2 aliphatic rings. The van der Waals surface area contributed by atoms with Crippen LogP contribution in [0.2, 0.25) is 0 Å². The smallest absolute Gasteiger partial charge is 0.325 e. The Balaban J connectivity index is 1.91. The molecule has 2 saturated heterocycles. The lowest BCUT2D eigenvalue weighted by molar-refractivity contribution is -0.138. The molecule has 0 aromatic carbocycles. The summed E-state index contributed by atoms with van der Waals surface area (Å²) < 4.78 is 0. The van der Waals surface area contributed by atoms with Crippen LogP contribution in [0.4, 0.5) is 4.79 Å². The van der Waals surface area contributed by atoms with Crippen molar-refractivity contribution in [3.63, 3.8) is 0 Å². The van der Waals surface area contributed by atoms with Gasteiger partial charge in [0.05, 0.1) is 0 Å². The predicted molar refractivity (Wildman–Crippen MR) is 77.6 cm³/mol. The fourth-order valence-electron chi connectivity index (χ4n) is 2.69. The van der Waals surface area contributed by atoms with Crippen LogP contribution in [0.5, 0.6) is 0 Å². The number of urea groups is 1. The number of carbonyl (C=O) groups is 3. The highest BCUT2D eigenvalue weighted by molar-refractivity contribution is 6.06. The SMILES string of the molecule is CCN1CCN(C(=O)CN2C(=O)NC(C(C)C)C2=O)CC1. The normalized spacial score (nSPS) is 23.9. The number of imide groups is 1. The summed E-state index contributed by atoms with van der Waals surface area (Å²) >= 11 is 0. The van der Waals surface area contributed by atoms with Gasteiger partial charge in [-0.05, 0) is 12.5 Å². The highest BCUT2D eigenvalue weighted by Gasteiger charge is 2.41. The minimum Gasteiger partial charge on any atom is -0.339 e. The van der Waals surface area contributed by atoms with Gasteiger partial charge in [-0.1, -0.05) is 20.8 Å². The molecule has 1 atom stereocenters. The second-order valence-corrected chi connectivity index (χ2v) is 5.91. The van der Waals surface area contributed by atoms with Crippen molar-refractivity contribution in [1.29, 1.82) is 0 Å². The lowest BCUT2D eigenvalue weighted by atomic mass is 10.1. The summed E-state index contributed by atoms with van der Waals surface area (Å²) in [6, 6.07) is -0.971. The minimum atomic E-state index is -0.512. The predicted octanol–water partition coefficient (Wildman–Crippen LogP) is -0.273. The summed E-state index contributed by atoms with van der Waals surface area (Å²) in [5.74, 6) is -0.427. The maximum absolute atomic E-state index is 12.3. The first-order chi connectivity index (χ1) is 9.93. The minimum absolute atomic E-state index is 0.0228. The molecule has 2 heterocycles. The van der Waals surface area contributed by atoms with Crippen molar-refractivity contribution in [2.45, 2.75) is 26.8 Å². The lowest BCUT2D eigenvalue weighted by Gasteiger charge is -2.34. The number of nitrogens with one attached hydrogen (secondary N) is 1. The molecule has 118 valence electrons. The third-order valence-electron chi connectivity index (χ3n) is 4.19. The number of amides is 4. The van der Waals surface area contributed by atoms with Crippen LogP contribution in [-0.2, 0) is 9.59 Å². The number of likely N-dealkylation sites (N-methyl/N-ethyl adjacent to an activating group) is 1. The molecule has 2 fully saturated rings. The van der Waals surface area contributed by atoms with Crippen LogP contribution >= 0.6 is 0 Å². The first-order valence-corrected chi connectivity index (χ1v) is 7.56. The van der Waals surface area contributed by atoms with Crippen molar-refractivity contribution in [1.82, 2.24) is 20.0 Å². The molecule has 0 spiro atoms. The fraction of sp³-hybridized carbons (Fsp3) is 0.786.